The van der Waals surface area contributed by atoms with Gasteiger partial charge in [0.15, 0.2) is 0 Å². The Hall–Kier alpha value is -3.13. The Morgan fingerprint density at radius 2 is 1.87 bits per heavy atom. The number of benzene rings is 2. The van der Waals surface area contributed by atoms with E-state index in [9.17, 15) is 18.0 Å². The van der Waals surface area contributed by atoms with Crippen molar-refractivity contribution >= 4 is 5.91 Å². The first-order valence-electron chi connectivity index (χ1n) is 9.99. The number of nitrogens with one attached hydrogen (secondary N) is 1. The molecule has 5 nitrogen and oxygen atoms in total. The second-order valence-corrected chi connectivity index (χ2v) is 7.77. The van der Waals surface area contributed by atoms with Crippen LogP contribution in [0.3, 0.4) is 0 Å². The summed E-state index contributed by atoms with van der Waals surface area (Å²) in [5, 5.41) is 7.11. The van der Waals surface area contributed by atoms with Crippen LogP contribution in [0.4, 0.5) is 13.2 Å². The number of amides is 1. The van der Waals surface area contributed by atoms with E-state index in [0.717, 1.165) is 17.7 Å². The number of hydrogen-bond acceptors (Lipinski definition) is 3. The van der Waals surface area contributed by atoms with Crippen LogP contribution < -0.4 is 5.32 Å². The minimum absolute atomic E-state index is 0.0399. The predicted molar refractivity (Wildman–Crippen MR) is 109 cm³/mol. The van der Waals surface area contributed by atoms with E-state index in [1.807, 2.05) is 6.07 Å². The van der Waals surface area contributed by atoms with Gasteiger partial charge in [0.25, 0.3) is 5.91 Å². The zero-order valence-electron chi connectivity index (χ0n) is 17.0. The zero-order valence-corrected chi connectivity index (χ0v) is 17.0. The largest absolute Gasteiger partial charge is 0.381 e. The lowest BCUT2D eigenvalue weighted by atomic mass is 9.74. The molecule has 1 N–H and O–H groups in total. The van der Waals surface area contributed by atoms with Crippen molar-refractivity contribution in [2.24, 2.45) is 7.05 Å². The Labute approximate surface area is 177 Å². The lowest BCUT2D eigenvalue weighted by Gasteiger charge is -2.38. The molecule has 0 atom stereocenters. The number of rotatable bonds is 5. The molecule has 2 heterocycles. The lowest BCUT2D eigenvalue weighted by molar-refractivity contribution is 0.0486. The van der Waals surface area contributed by atoms with Crippen molar-refractivity contribution in [2.45, 2.75) is 18.3 Å². The highest BCUT2D eigenvalue weighted by Crippen LogP contribution is 2.35. The number of halogens is 3. The average Bonchev–Trinajstić information content (AvgIpc) is 3.14. The van der Waals surface area contributed by atoms with Crippen LogP contribution in [0.5, 0.6) is 0 Å². The van der Waals surface area contributed by atoms with Gasteiger partial charge in [0.2, 0.25) is 0 Å². The highest BCUT2D eigenvalue weighted by atomic mass is 19.1. The van der Waals surface area contributed by atoms with Gasteiger partial charge in [-0.3, -0.25) is 9.48 Å². The molecular formula is C23H22F3N3O2. The van der Waals surface area contributed by atoms with Crippen LogP contribution >= 0.6 is 0 Å². The molecule has 0 aliphatic carbocycles. The Kier molecular flexibility index (Phi) is 5.82. The number of carbonyl (C=O) groups excluding carboxylic acids is 1. The first-order chi connectivity index (χ1) is 14.9. The molecular weight excluding hydrogens is 407 g/mol. The first kappa shape index (κ1) is 21.1. The van der Waals surface area contributed by atoms with Crippen LogP contribution in [0.1, 0.15) is 28.8 Å². The highest BCUT2D eigenvalue weighted by Gasteiger charge is 2.35. The topological polar surface area (TPSA) is 56.2 Å². The van der Waals surface area contributed by atoms with E-state index in [0.29, 0.717) is 26.1 Å². The Morgan fingerprint density at radius 3 is 2.58 bits per heavy atom. The zero-order chi connectivity index (χ0) is 22.0. The quantitative estimate of drug-likeness (QED) is 0.668. The van der Waals surface area contributed by atoms with Crippen LogP contribution in [0.25, 0.3) is 11.3 Å². The second-order valence-electron chi connectivity index (χ2n) is 7.77. The summed E-state index contributed by atoms with van der Waals surface area (Å²) in [4.78, 5) is 13.0. The smallest absolute Gasteiger partial charge is 0.255 e. The fourth-order valence-corrected chi connectivity index (χ4v) is 4.03. The van der Waals surface area contributed by atoms with Crippen molar-refractivity contribution in [3.8, 4) is 11.3 Å². The van der Waals surface area contributed by atoms with E-state index in [2.05, 4.69) is 10.4 Å². The summed E-state index contributed by atoms with van der Waals surface area (Å²) in [6.07, 6.45) is 2.75. The Bertz CT molecular complexity index is 1110. The summed E-state index contributed by atoms with van der Waals surface area (Å²) >= 11 is 0. The van der Waals surface area contributed by atoms with Gasteiger partial charge in [-0.15, -0.1) is 0 Å². The third-order valence-corrected chi connectivity index (χ3v) is 5.73. The van der Waals surface area contributed by atoms with E-state index in [-0.39, 0.29) is 29.2 Å². The van der Waals surface area contributed by atoms with Crippen LogP contribution in [-0.2, 0) is 17.2 Å². The standard InChI is InChI=1S/C23H22F3N3O2/c1-29-13-19(21(28-29)18-6-5-17(25)12-20(18)26)22(30)27-14-23(7-9-31-10-8-23)15-3-2-4-16(24)11-15/h2-6,11-13H,7-10,14H2,1H3,(H,27,30). The third-order valence-electron chi connectivity index (χ3n) is 5.73. The van der Waals surface area contributed by atoms with Crippen LogP contribution in [0.15, 0.2) is 48.7 Å². The normalized spacial score (nSPS) is 15.6. The second kappa shape index (κ2) is 8.55. The lowest BCUT2D eigenvalue weighted by Crippen LogP contribution is -2.44. The monoisotopic (exact) mass is 429 g/mol. The molecule has 0 saturated carbocycles. The van der Waals surface area contributed by atoms with Gasteiger partial charge in [0, 0.05) is 50.0 Å². The van der Waals surface area contributed by atoms with Crippen LogP contribution in [0, 0.1) is 17.5 Å². The molecule has 0 unspecified atom stereocenters. The maximum Gasteiger partial charge on any atom is 0.255 e. The molecule has 0 bridgehead atoms. The van der Waals surface area contributed by atoms with Gasteiger partial charge in [0.1, 0.15) is 23.1 Å². The maximum absolute atomic E-state index is 14.3. The average molecular weight is 429 g/mol. The maximum atomic E-state index is 14.3. The molecule has 1 amide bonds. The van der Waals surface area contributed by atoms with Crippen molar-refractivity contribution in [2.75, 3.05) is 19.8 Å². The fraction of sp³-hybridized carbons (Fsp3) is 0.304. The molecule has 1 fully saturated rings. The van der Waals surface area contributed by atoms with Crippen LogP contribution in [0.2, 0.25) is 0 Å². The third kappa shape index (κ3) is 4.34. The van der Waals surface area contributed by atoms with Gasteiger partial charge in [-0.2, -0.15) is 5.10 Å². The molecule has 1 aliphatic rings. The highest BCUT2D eigenvalue weighted by molar-refractivity contribution is 5.99. The first-order valence-corrected chi connectivity index (χ1v) is 9.99. The van der Waals surface area contributed by atoms with E-state index in [4.69, 9.17) is 4.74 Å². The summed E-state index contributed by atoms with van der Waals surface area (Å²) in [5.41, 5.74) is 0.670. The number of nitrogens with zero attached hydrogens (tertiary/aromatic N) is 2. The molecule has 8 heteroatoms. The van der Waals surface area contributed by atoms with Gasteiger partial charge in [-0.1, -0.05) is 12.1 Å². The van der Waals surface area contributed by atoms with Crippen LogP contribution in [-0.4, -0.2) is 35.4 Å². The van der Waals surface area contributed by atoms with Gasteiger partial charge >= 0.3 is 0 Å². The van der Waals surface area contributed by atoms with E-state index >= 15 is 0 Å². The minimum atomic E-state index is -0.798. The van der Waals surface area contributed by atoms with Gasteiger partial charge in [0.05, 0.1) is 5.56 Å². The predicted octanol–water partition coefficient (Wildman–Crippen LogP) is 3.98. The molecule has 1 aromatic heterocycles. The molecule has 0 spiro atoms. The van der Waals surface area contributed by atoms with Crippen molar-refractivity contribution in [3.05, 3.63) is 77.2 Å². The van der Waals surface area contributed by atoms with E-state index in [1.165, 1.54) is 29.1 Å². The molecule has 2 aromatic carbocycles. The minimum Gasteiger partial charge on any atom is -0.381 e. The molecule has 31 heavy (non-hydrogen) atoms. The summed E-state index contributed by atoms with van der Waals surface area (Å²) in [7, 11) is 1.62. The number of carbonyl (C=O) groups is 1. The molecule has 1 saturated heterocycles. The molecule has 1 aliphatic heterocycles. The molecule has 3 aromatic rings. The fourth-order valence-electron chi connectivity index (χ4n) is 4.03. The summed E-state index contributed by atoms with van der Waals surface area (Å²) in [5.74, 6) is -2.28. The van der Waals surface area contributed by atoms with Crippen molar-refractivity contribution in [1.82, 2.24) is 15.1 Å². The van der Waals surface area contributed by atoms with E-state index < -0.39 is 23.0 Å². The Morgan fingerprint density at radius 1 is 1.13 bits per heavy atom. The number of aryl methyl sites for hydroxylation is 1. The molecule has 0 radical (unpaired) electrons. The molecule has 162 valence electrons. The van der Waals surface area contributed by atoms with Crippen molar-refractivity contribution < 1.29 is 22.7 Å². The van der Waals surface area contributed by atoms with Gasteiger partial charge in [-0.05, 0) is 42.7 Å². The summed E-state index contributed by atoms with van der Waals surface area (Å²) in [6.45, 7) is 1.27. The SMILES string of the molecule is Cn1cc(C(=O)NCC2(c3cccc(F)c3)CCOCC2)c(-c2ccc(F)cc2F)n1. The molecule has 4 rings (SSSR count). The van der Waals surface area contributed by atoms with Crippen molar-refractivity contribution in [1.29, 1.82) is 0 Å². The Balaban J connectivity index is 1.61. The van der Waals surface area contributed by atoms with Gasteiger partial charge < -0.3 is 10.1 Å². The van der Waals surface area contributed by atoms with E-state index in [1.54, 1.807) is 13.1 Å². The summed E-state index contributed by atoms with van der Waals surface area (Å²) in [6, 6.07) is 9.51. The van der Waals surface area contributed by atoms with Gasteiger partial charge in [-0.25, -0.2) is 13.2 Å². The summed E-state index contributed by atoms with van der Waals surface area (Å²) < 4.78 is 48.4. The number of ether oxygens (including phenoxy) is 1. The number of aromatic nitrogens is 2. The number of hydrogen-bond donors (Lipinski definition) is 1. The van der Waals surface area contributed by atoms with Crippen molar-refractivity contribution in [3.63, 3.8) is 0 Å².